The summed E-state index contributed by atoms with van der Waals surface area (Å²) in [6, 6.07) is 11.8. The van der Waals surface area contributed by atoms with E-state index in [-0.39, 0.29) is 12.1 Å². The molecule has 2 amide bonds. The second kappa shape index (κ2) is 8.24. The maximum Gasteiger partial charge on any atom is 0.317 e. The van der Waals surface area contributed by atoms with E-state index in [1.54, 1.807) is 11.2 Å². The average Bonchev–Trinajstić information content (AvgIpc) is 3.39. The first-order chi connectivity index (χ1) is 13.3. The highest BCUT2D eigenvalue weighted by molar-refractivity contribution is 5.74. The number of likely N-dealkylation sites (tertiary alicyclic amines) is 1. The fraction of sp³-hybridized carbons (Fsp3) is 0.450. The Morgan fingerprint density at radius 2 is 1.96 bits per heavy atom. The molecular formula is C20H25N5O2. The molecule has 1 aromatic carbocycles. The van der Waals surface area contributed by atoms with Crippen LogP contribution in [0.25, 0.3) is 0 Å². The monoisotopic (exact) mass is 367 g/mol. The van der Waals surface area contributed by atoms with Crippen LogP contribution in [-0.4, -0.2) is 53.2 Å². The number of nitrogens with one attached hydrogen (secondary N) is 1. The lowest BCUT2D eigenvalue weighted by atomic mass is 10.2. The Hall–Kier alpha value is -2.83. The molecule has 3 heterocycles. The van der Waals surface area contributed by atoms with Crippen LogP contribution in [0.2, 0.25) is 0 Å². The van der Waals surface area contributed by atoms with Crippen molar-refractivity contribution < 1.29 is 9.53 Å². The Morgan fingerprint density at radius 3 is 2.78 bits per heavy atom. The number of urea groups is 1. The largest absolute Gasteiger partial charge is 0.472 e. The minimum atomic E-state index is -0.0506. The van der Waals surface area contributed by atoms with Gasteiger partial charge in [0.05, 0.1) is 6.54 Å². The van der Waals surface area contributed by atoms with E-state index in [0.717, 1.165) is 30.9 Å². The molecule has 0 aliphatic carbocycles. The highest BCUT2D eigenvalue weighted by Crippen LogP contribution is 2.22. The number of benzene rings is 1. The number of carbonyl (C=O) groups excluding carboxylic acids is 1. The van der Waals surface area contributed by atoms with Gasteiger partial charge in [0.1, 0.15) is 18.2 Å². The maximum absolute atomic E-state index is 12.4. The SMILES string of the molecule is O=C(NCc1ccccc1)N1CCC(Oc2cc(N3CCCC3)ncn2)C1. The summed E-state index contributed by atoms with van der Waals surface area (Å²) in [5.74, 6) is 1.51. The Labute approximate surface area is 159 Å². The summed E-state index contributed by atoms with van der Waals surface area (Å²) in [5.41, 5.74) is 1.09. The third-order valence-electron chi connectivity index (χ3n) is 5.06. The molecule has 2 saturated heterocycles. The lowest BCUT2D eigenvalue weighted by Gasteiger charge is -2.19. The molecule has 1 aromatic heterocycles. The zero-order valence-electron chi connectivity index (χ0n) is 15.4. The standard InChI is InChI=1S/C20H25N5O2/c26-20(21-13-16-6-2-1-3-7-16)25-11-8-17(14-25)27-19-12-18(22-15-23-19)24-9-4-5-10-24/h1-3,6-7,12,15,17H,4-5,8-11,13-14H2,(H,21,26). The van der Waals surface area contributed by atoms with Gasteiger partial charge in [-0.25, -0.2) is 14.8 Å². The molecule has 1 N–H and O–H groups in total. The van der Waals surface area contributed by atoms with E-state index >= 15 is 0 Å². The summed E-state index contributed by atoms with van der Waals surface area (Å²) in [7, 11) is 0. The molecule has 1 atom stereocenters. The van der Waals surface area contributed by atoms with Crippen LogP contribution in [0.5, 0.6) is 5.88 Å². The molecule has 0 spiro atoms. The summed E-state index contributed by atoms with van der Waals surface area (Å²) in [6.07, 6.45) is 4.74. The van der Waals surface area contributed by atoms with Crippen molar-refractivity contribution in [2.24, 2.45) is 0 Å². The van der Waals surface area contributed by atoms with Crippen molar-refractivity contribution in [3.8, 4) is 5.88 Å². The summed E-state index contributed by atoms with van der Waals surface area (Å²) in [6.45, 7) is 3.87. The first-order valence-electron chi connectivity index (χ1n) is 9.58. The Morgan fingerprint density at radius 1 is 1.15 bits per heavy atom. The maximum atomic E-state index is 12.4. The van der Waals surface area contributed by atoms with E-state index in [4.69, 9.17) is 4.74 Å². The van der Waals surface area contributed by atoms with Gasteiger partial charge in [0, 0.05) is 38.7 Å². The van der Waals surface area contributed by atoms with Gasteiger partial charge in [-0.1, -0.05) is 30.3 Å². The number of hydrogen-bond acceptors (Lipinski definition) is 5. The third-order valence-corrected chi connectivity index (χ3v) is 5.06. The predicted octanol–water partition coefficient (Wildman–Crippen LogP) is 2.44. The Bertz CT molecular complexity index is 764. The summed E-state index contributed by atoms with van der Waals surface area (Å²) < 4.78 is 6.02. The van der Waals surface area contributed by atoms with E-state index in [2.05, 4.69) is 20.2 Å². The van der Waals surface area contributed by atoms with Crippen LogP contribution >= 0.6 is 0 Å². The van der Waals surface area contributed by atoms with Crippen molar-refractivity contribution in [3.05, 3.63) is 48.3 Å². The van der Waals surface area contributed by atoms with Crippen molar-refractivity contribution >= 4 is 11.8 Å². The number of anilines is 1. The topological polar surface area (TPSA) is 70.6 Å². The van der Waals surface area contributed by atoms with Gasteiger partial charge in [0.15, 0.2) is 0 Å². The third kappa shape index (κ3) is 4.48. The minimum Gasteiger partial charge on any atom is -0.472 e. The average molecular weight is 367 g/mol. The number of ether oxygens (including phenoxy) is 1. The molecule has 142 valence electrons. The molecule has 2 aromatic rings. The van der Waals surface area contributed by atoms with Crippen LogP contribution in [0.15, 0.2) is 42.7 Å². The van der Waals surface area contributed by atoms with Gasteiger partial charge in [-0.2, -0.15) is 0 Å². The molecule has 0 saturated carbocycles. The van der Waals surface area contributed by atoms with E-state index in [1.165, 1.54) is 12.8 Å². The van der Waals surface area contributed by atoms with E-state index in [1.807, 2.05) is 36.4 Å². The molecule has 7 nitrogen and oxygen atoms in total. The highest BCUT2D eigenvalue weighted by atomic mass is 16.5. The van der Waals surface area contributed by atoms with E-state index in [0.29, 0.717) is 25.5 Å². The fourth-order valence-corrected chi connectivity index (χ4v) is 3.58. The van der Waals surface area contributed by atoms with Crippen molar-refractivity contribution in [3.63, 3.8) is 0 Å². The zero-order chi connectivity index (χ0) is 18.5. The summed E-state index contributed by atoms with van der Waals surface area (Å²) >= 11 is 0. The van der Waals surface area contributed by atoms with Crippen molar-refractivity contribution in [1.82, 2.24) is 20.2 Å². The number of carbonyl (C=O) groups is 1. The van der Waals surface area contributed by atoms with Gasteiger partial charge in [0.25, 0.3) is 0 Å². The Balaban J connectivity index is 1.28. The molecular weight excluding hydrogens is 342 g/mol. The quantitative estimate of drug-likeness (QED) is 0.879. The first-order valence-corrected chi connectivity index (χ1v) is 9.58. The molecule has 7 heteroatoms. The van der Waals surface area contributed by atoms with Crippen molar-refractivity contribution in [2.45, 2.75) is 31.9 Å². The number of nitrogens with zero attached hydrogens (tertiary/aromatic N) is 4. The number of rotatable bonds is 5. The number of hydrogen-bond donors (Lipinski definition) is 1. The summed E-state index contributed by atoms with van der Waals surface area (Å²) in [4.78, 5) is 25.0. The molecule has 2 aliphatic rings. The minimum absolute atomic E-state index is 0.0335. The van der Waals surface area contributed by atoms with Gasteiger partial charge in [-0.15, -0.1) is 0 Å². The van der Waals surface area contributed by atoms with Crippen LogP contribution in [0, 0.1) is 0 Å². The van der Waals surface area contributed by atoms with Gasteiger partial charge in [-0.05, 0) is 18.4 Å². The zero-order valence-corrected chi connectivity index (χ0v) is 15.4. The number of amides is 2. The van der Waals surface area contributed by atoms with Crippen LogP contribution < -0.4 is 15.0 Å². The van der Waals surface area contributed by atoms with Gasteiger partial charge in [0.2, 0.25) is 5.88 Å². The lowest BCUT2D eigenvalue weighted by Crippen LogP contribution is -2.39. The van der Waals surface area contributed by atoms with Gasteiger partial charge >= 0.3 is 6.03 Å². The van der Waals surface area contributed by atoms with Gasteiger partial charge in [-0.3, -0.25) is 0 Å². The first kappa shape index (κ1) is 17.6. The van der Waals surface area contributed by atoms with Gasteiger partial charge < -0.3 is 19.9 Å². The molecule has 0 bridgehead atoms. The normalized spacial score (nSPS) is 19.3. The smallest absolute Gasteiger partial charge is 0.317 e. The van der Waals surface area contributed by atoms with Crippen LogP contribution in [0.3, 0.4) is 0 Å². The molecule has 2 aliphatic heterocycles. The van der Waals surface area contributed by atoms with Crippen LogP contribution in [-0.2, 0) is 6.54 Å². The highest BCUT2D eigenvalue weighted by Gasteiger charge is 2.28. The van der Waals surface area contributed by atoms with Crippen molar-refractivity contribution in [2.75, 3.05) is 31.1 Å². The molecule has 4 rings (SSSR count). The van der Waals surface area contributed by atoms with Crippen LogP contribution in [0.1, 0.15) is 24.8 Å². The van der Waals surface area contributed by atoms with E-state index < -0.39 is 0 Å². The second-order valence-corrected chi connectivity index (χ2v) is 7.03. The molecule has 0 radical (unpaired) electrons. The molecule has 2 fully saturated rings. The van der Waals surface area contributed by atoms with Crippen molar-refractivity contribution in [1.29, 1.82) is 0 Å². The van der Waals surface area contributed by atoms with Crippen LogP contribution in [0.4, 0.5) is 10.6 Å². The molecule has 1 unspecified atom stereocenters. The predicted molar refractivity (Wildman–Crippen MR) is 103 cm³/mol. The Kier molecular flexibility index (Phi) is 5.37. The lowest BCUT2D eigenvalue weighted by molar-refractivity contribution is 0.183. The second-order valence-electron chi connectivity index (χ2n) is 7.03. The fourth-order valence-electron chi connectivity index (χ4n) is 3.58. The molecule has 27 heavy (non-hydrogen) atoms. The summed E-state index contributed by atoms with van der Waals surface area (Å²) in [5, 5.41) is 2.97. The van der Waals surface area contributed by atoms with E-state index in [9.17, 15) is 4.79 Å². The number of aromatic nitrogens is 2.